The molecule has 0 heterocycles. The van der Waals surface area contributed by atoms with Gasteiger partial charge in [-0.2, -0.15) is 0 Å². The summed E-state index contributed by atoms with van der Waals surface area (Å²) in [5.74, 6) is -0.130. The van der Waals surface area contributed by atoms with Crippen molar-refractivity contribution in [2.75, 3.05) is 5.32 Å². The zero-order valence-corrected chi connectivity index (χ0v) is 14.1. The Morgan fingerprint density at radius 3 is 2.36 bits per heavy atom. The number of benzene rings is 1. The van der Waals surface area contributed by atoms with Crippen LogP contribution in [0.3, 0.4) is 0 Å². The van der Waals surface area contributed by atoms with Crippen LogP contribution in [-0.2, 0) is 14.8 Å². The number of carbonyl (C=O) groups excluding carboxylic acids is 1. The third-order valence-corrected chi connectivity index (χ3v) is 4.08. The lowest BCUT2D eigenvalue weighted by atomic mass is 10.1. The number of rotatable bonds is 7. The molecule has 22 heavy (non-hydrogen) atoms. The summed E-state index contributed by atoms with van der Waals surface area (Å²) in [6, 6.07) is 5.79. The molecular formula is C14H21N3O3S2. The molecule has 4 N–H and O–H groups in total. The smallest absolute Gasteiger partial charge is 0.238 e. The topological polar surface area (TPSA) is 101 Å². The summed E-state index contributed by atoms with van der Waals surface area (Å²) in [4.78, 5) is 11.7. The predicted octanol–water partition coefficient (Wildman–Crippen LogP) is 2.12. The predicted molar refractivity (Wildman–Crippen MR) is 90.9 cm³/mol. The van der Waals surface area contributed by atoms with Crippen LogP contribution in [0.5, 0.6) is 0 Å². The molecule has 1 aromatic carbocycles. The van der Waals surface area contributed by atoms with Crippen LogP contribution in [0.2, 0.25) is 0 Å². The number of unbranched alkanes of at least 4 members (excludes halogenated alkanes) is 3. The number of hydrogen-bond acceptors (Lipinski definition) is 4. The monoisotopic (exact) mass is 343 g/mol. The Morgan fingerprint density at radius 2 is 1.82 bits per heavy atom. The van der Waals surface area contributed by atoms with Crippen LogP contribution in [0, 0.1) is 0 Å². The maximum absolute atomic E-state index is 11.7. The van der Waals surface area contributed by atoms with Crippen LogP contribution < -0.4 is 15.8 Å². The Kier molecular flexibility index (Phi) is 7.43. The minimum atomic E-state index is -3.71. The van der Waals surface area contributed by atoms with Crippen molar-refractivity contribution in [2.45, 2.75) is 43.9 Å². The number of sulfonamides is 1. The lowest BCUT2D eigenvalue weighted by Crippen LogP contribution is -2.33. The molecular weight excluding hydrogens is 322 g/mol. The number of carbonyl (C=O) groups is 1. The first kappa shape index (κ1) is 18.5. The van der Waals surface area contributed by atoms with Crippen LogP contribution in [-0.4, -0.2) is 19.4 Å². The van der Waals surface area contributed by atoms with Gasteiger partial charge < -0.3 is 10.6 Å². The van der Waals surface area contributed by atoms with Crippen molar-refractivity contribution >= 4 is 38.9 Å². The molecule has 0 saturated heterocycles. The Balaban J connectivity index is 2.43. The third-order valence-electron chi connectivity index (χ3n) is 2.95. The van der Waals surface area contributed by atoms with E-state index in [4.69, 9.17) is 17.4 Å². The molecule has 1 amide bonds. The lowest BCUT2D eigenvalue weighted by molar-refractivity contribution is -0.119. The van der Waals surface area contributed by atoms with Crippen molar-refractivity contribution in [1.82, 2.24) is 5.32 Å². The molecule has 122 valence electrons. The number of primary sulfonamides is 1. The van der Waals surface area contributed by atoms with Crippen molar-refractivity contribution in [3.8, 4) is 0 Å². The Morgan fingerprint density at radius 1 is 1.18 bits per heavy atom. The molecule has 1 rings (SSSR count). The highest BCUT2D eigenvalue weighted by Crippen LogP contribution is 2.12. The van der Waals surface area contributed by atoms with E-state index in [1.165, 1.54) is 24.3 Å². The van der Waals surface area contributed by atoms with E-state index in [0.29, 0.717) is 12.1 Å². The van der Waals surface area contributed by atoms with Gasteiger partial charge in [-0.15, -0.1) is 0 Å². The summed E-state index contributed by atoms with van der Waals surface area (Å²) in [5.41, 5.74) is 0.573. The van der Waals surface area contributed by atoms with Gasteiger partial charge in [0.25, 0.3) is 0 Å². The highest BCUT2D eigenvalue weighted by molar-refractivity contribution is 7.89. The first-order valence-electron chi connectivity index (χ1n) is 7.06. The highest BCUT2D eigenvalue weighted by Gasteiger charge is 2.08. The molecule has 0 aliphatic carbocycles. The van der Waals surface area contributed by atoms with E-state index in [0.717, 1.165) is 25.7 Å². The number of anilines is 1. The Labute approximate surface area is 136 Å². The van der Waals surface area contributed by atoms with Gasteiger partial charge in [-0.1, -0.05) is 26.2 Å². The summed E-state index contributed by atoms with van der Waals surface area (Å²) in [5, 5.41) is 10.6. The van der Waals surface area contributed by atoms with Crippen molar-refractivity contribution in [2.24, 2.45) is 5.14 Å². The quantitative estimate of drug-likeness (QED) is 0.520. The summed E-state index contributed by atoms with van der Waals surface area (Å²) in [6.45, 7) is 2.11. The maximum atomic E-state index is 11.7. The van der Waals surface area contributed by atoms with Crippen molar-refractivity contribution in [1.29, 1.82) is 0 Å². The molecule has 0 aliphatic heterocycles. The van der Waals surface area contributed by atoms with E-state index < -0.39 is 10.0 Å². The molecule has 0 aliphatic rings. The van der Waals surface area contributed by atoms with Gasteiger partial charge in [0.1, 0.15) is 0 Å². The summed E-state index contributed by atoms with van der Waals surface area (Å²) >= 11 is 5.03. The van der Waals surface area contributed by atoms with E-state index in [-0.39, 0.29) is 15.9 Å². The van der Waals surface area contributed by atoms with Crippen LogP contribution in [0.15, 0.2) is 29.2 Å². The summed E-state index contributed by atoms with van der Waals surface area (Å²) in [6.07, 6.45) is 4.54. The number of amides is 1. The van der Waals surface area contributed by atoms with Crippen molar-refractivity contribution in [3.63, 3.8) is 0 Å². The molecule has 0 fully saturated rings. The number of hydrogen-bond donors (Lipinski definition) is 3. The molecule has 0 saturated carbocycles. The second-order valence-electron chi connectivity index (χ2n) is 4.88. The van der Waals surface area contributed by atoms with Gasteiger partial charge >= 0.3 is 0 Å². The van der Waals surface area contributed by atoms with Gasteiger partial charge in [0, 0.05) is 12.1 Å². The lowest BCUT2D eigenvalue weighted by Gasteiger charge is -2.10. The highest BCUT2D eigenvalue weighted by atomic mass is 32.2. The van der Waals surface area contributed by atoms with E-state index >= 15 is 0 Å². The van der Waals surface area contributed by atoms with Crippen LogP contribution in [0.25, 0.3) is 0 Å². The van der Waals surface area contributed by atoms with Crippen LogP contribution in [0.4, 0.5) is 5.69 Å². The van der Waals surface area contributed by atoms with Gasteiger partial charge in [0.2, 0.25) is 15.9 Å². The fourth-order valence-corrected chi connectivity index (χ4v) is 2.54. The molecule has 0 atom stereocenters. The van der Waals surface area contributed by atoms with E-state index in [1.807, 2.05) is 0 Å². The molecule has 0 bridgehead atoms. The van der Waals surface area contributed by atoms with Gasteiger partial charge in [0.15, 0.2) is 5.11 Å². The number of nitrogens with two attached hydrogens (primary N) is 1. The standard InChI is InChI=1S/C14H21N3O3S2/c1-2-3-4-5-6-13(18)17-14(21)16-11-7-9-12(10-8-11)22(15,19)20/h7-10H,2-6H2,1H3,(H2,15,19,20)(H2,16,17,18,21). The first-order chi connectivity index (χ1) is 10.3. The molecule has 6 nitrogen and oxygen atoms in total. The molecule has 0 spiro atoms. The van der Waals surface area contributed by atoms with E-state index in [2.05, 4.69) is 17.6 Å². The van der Waals surface area contributed by atoms with E-state index in [9.17, 15) is 13.2 Å². The minimum Gasteiger partial charge on any atom is -0.332 e. The van der Waals surface area contributed by atoms with E-state index in [1.54, 1.807) is 0 Å². The first-order valence-corrected chi connectivity index (χ1v) is 9.02. The summed E-state index contributed by atoms with van der Waals surface area (Å²) in [7, 11) is -3.71. The van der Waals surface area contributed by atoms with Crippen LogP contribution >= 0.6 is 12.2 Å². The van der Waals surface area contributed by atoms with Gasteiger partial charge in [-0.25, -0.2) is 13.6 Å². The minimum absolute atomic E-state index is 0.0175. The van der Waals surface area contributed by atoms with Crippen molar-refractivity contribution in [3.05, 3.63) is 24.3 Å². The Hall–Kier alpha value is -1.51. The average Bonchev–Trinajstić information content (AvgIpc) is 2.43. The third kappa shape index (κ3) is 6.97. The second-order valence-corrected chi connectivity index (χ2v) is 6.85. The number of nitrogens with one attached hydrogen (secondary N) is 2. The zero-order valence-electron chi connectivity index (χ0n) is 12.5. The maximum Gasteiger partial charge on any atom is 0.238 e. The van der Waals surface area contributed by atoms with Gasteiger partial charge in [-0.3, -0.25) is 4.79 Å². The van der Waals surface area contributed by atoms with Gasteiger partial charge in [-0.05, 0) is 42.9 Å². The molecule has 8 heteroatoms. The Bertz CT molecular complexity index is 613. The van der Waals surface area contributed by atoms with Crippen LogP contribution in [0.1, 0.15) is 39.0 Å². The molecule has 1 aromatic rings. The SMILES string of the molecule is CCCCCCC(=O)NC(=S)Nc1ccc(S(N)(=O)=O)cc1. The van der Waals surface area contributed by atoms with Gasteiger partial charge in [0.05, 0.1) is 4.90 Å². The second kappa shape index (κ2) is 8.82. The molecule has 0 radical (unpaired) electrons. The molecule has 0 aromatic heterocycles. The number of thiocarbonyl (C=S) groups is 1. The van der Waals surface area contributed by atoms with Crippen molar-refractivity contribution < 1.29 is 13.2 Å². The molecule has 0 unspecified atom stereocenters. The normalized spacial score (nSPS) is 11.0. The summed E-state index contributed by atoms with van der Waals surface area (Å²) < 4.78 is 22.3. The largest absolute Gasteiger partial charge is 0.332 e. The fraction of sp³-hybridized carbons (Fsp3) is 0.429. The average molecular weight is 343 g/mol. The zero-order chi connectivity index (χ0) is 16.6. The fourth-order valence-electron chi connectivity index (χ4n) is 1.79.